The second kappa shape index (κ2) is 6.18. The summed E-state index contributed by atoms with van der Waals surface area (Å²) in [5.74, 6) is -0.168. The fraction of sp³-hybridized carbons (Fsp3) is 0.188. The van der Waals surface area contributed by atoms with Crippen LogP contribution in [0, 0.1) is 6.92 Å². The molecule has 0 heterocycles. The zero-order valence-corrected chi connectivity index (χ0v) is 13.9. The summed E-state index contributed by atoms with van der Waals surface area (Å²) in [6.45, 7) is 1.84. The van der Waals surface area contributed by atoms with Crippen molar-refractivity contribution in [2.45, 2.75) is 6.92 Å². The summed E-state index contributed by atoms with van der Waals surface area (Å²) in [4.78, 5) is 14.4. The molecule has 0 aliphatic rings. The molecule has 0 aliphatic carbocycles. The highest BCUT2D eigenvalue weighted by atomic mass is 79.9. The molecule has 0 fully saturated rings. The lowest BCUT2D eigenvalue weighted by molar-refractivity contribution is 0.102. The number of nitrogens with one attached hydrogen (secondary N) is 1. The molecule has 0 bridgehead atoms. The van der Waals surface area contributed by atoms with Crippen LogP contribution in [-0.4, -0.2) is 20.0 Å². The highest BCUT2D eigenvalue weighted by Crippen LogP contribution is 2.24. The zero-order valence-electron chi connectivity index (χ0n) is 12.3. The van der Waals surface area contributed by atoms with Crippen LogP contribution in [0.15, 0.2) is 40.9 Å². The maximum atomic E-state index is 12.4. The van der Waals surface area contributed by atoms with Crippen molar-refractivity contribution in [2.24, 2.45) is 0 Å². The highest BCUT2D eigenvalue weighted by molar-refractivity contribution is 9.10. The van der Waals surface area contributed by atoms with E-state index in [0.29, 0.717) is 11.3 Å². The van der Waals surface area contributed by atoms with E-state index in [4.69, 9.17) is 5.73 Å². The molecule has 0 radical (unpaired) electrons. The lowest BCUT2D eigenvalue weighted by Gasteiger charge is -2.14. The van der Waals surface area contributed by atoms with Gasteiger partial charge in [0.2, 0.25) is 0 Å². The maximum Gasteiger partial charge on any atom is 0.256 e. The van der Waals surface area contributed by atoms with Crippen LogP contribution in [0.1, 0.15) is 15.9 Å². The first-order chi connectivity index (χ1) is 9.88. The molecule has 0 unspecified atom stereocenters. The minimum atomic E-state index is -0.168. The van der Waals surface area contributed by atoms with E-state index in [9.17, 15) is 4.79 Å². The first-order valence-electron chi connectivity index (χ1n) is 6.53. The Morgan fingerprint density at radius 1 is 1.19 bits per heavy atom. The van der Waals surface area contributed by atoms with Crippen LogP contribution in [0.4, 0.5) is 17.1 Å². The molecule has 2 rings (SSSR count). The fourth-order valence-electron chi connectivity index (χ4n) is 1.98. The third kappa shape index (κ3) is 3.55. The van der Waals surface area contributed by atoms with Crippen LogP contribution >= 0.6 is 15.9 Å². The second-order valence-electron chi connectivity index (χ2n) is 5.06. The Morgan fingerprint density at radius 3 is 2.38 bits per heavy atom. The monoisotopic (exact) mass is 347 g/mol. The molecular weight excluding hydrogens is 330 g/mol. The van der Waals surface area contributed by atoms with Crippen LogP contribution in [0.25, 0.3) is 0 Å². The van der Waals surface area contributed by atoms with Gasteiger partial charge in [0.25, 0.3) is 5.91 Å². The molecule has 110 valence electrons. The van der Waals surface area contributed by atoms with E-state index >= 15 is 0 Å². The Balaban J connectivity index is 2.22. The number of carbonyl (C=O) groups is 1. The number of hydrogen-bond acceptors (Lipinski definition) is 3. The van der Waals surface area contributed by atoms with Gasteiger partial charge in [-0.15, -0.1) is 0 Å². The van der Waals surface area contributed by atoms with E-state index < -0.39 is 0 Å². The van der Waals surface area contributed by atoms with Gasteiger partial charge in [-0.05, 0) is 48.9 Å². The molecule has 4 nitrogen and oxygen atoms in total. The Hall–Kier alpha value is -2.01. The van der Waals surface area contributed by atoms with Gasteiger partial charge in [0.05, 0.1) is 0 Å². The zero-order chi connectivity index (χ0) is 15.6. The van der Waals surface area contributed by atoms with Crippen LogP contribution in [-0.2, 0) is 0 Å². The van der Waals surface area contributed by atoms with E-state index in [1.54, 1.807) is 12.1 Å². The molecule has 0 saturated heterocycles. The summed E-state index contributed by atoms with van der Waals surface area (Å²) in [6.07, 6.45) is 0. The van der Waals surface area contributed by atoms with Gasteiger partial charge in [0, 0.05) is 41.2 Å². The van der Waals surface area contributed by atoms with E-state index in [2.05, 4.69) is 21.2 Å². The number of nitrogens with zero attached hydrogens (tertiary/aromatic N) is 1. The van der Waals surface area contributed by atoms with E-state index in [1.807, 2.05) is 50.2 Å². The molecule has 0 aromatic heterocycles. The molecule has 0 spiro atoms. The van der Waals surface area contributed by atoms with Crippen molar-refractivity contribution >= 4 is 38.9 Å². The van der Waals surface area contributed by atoms with Crippen molar-refractivity contribution in [1.29, 1.82) is 0 Å². The number of amides is 1. The average molecular weight is 348 g/mol. The molecule has 21 heavy (non-hydrogen) atoms. The topological polar surface area (TPSA) is 58.4 Å². The van der Waals surface area contributed by atoms with Crippen molar-refractivity contribution in [3.63, 3.8) is 0 Å². The molecule has 0 saturated carbocycles. The molecule has 2 aromatic carbocycles. The van der Waals surface area contributed by atoms with Gasteiger partial charge >= 0.3 is 0 Å². The maximum absolute atomic E-state index is 12.4. The first-order valence-corrected chi connectivity index (χ1v) is 7.32. The normalized spacial score (nSPS) is 10.3. The number of rotatable bonds is 3. The van der Waals surface area contributed by atoms with Gasteiger partial charge < -0.3 is 16.0 Å². The predicted molar refractivity (Wildman–Crippen MR) is 92.0 cm³/mol. The smallest absolute Gasteiger partial charge is 0.256 e. The Morgan fingerprint density at radius 2 is 1.81 bits per heavy atom. The third-order valence-electron chi connectivity index (χ3n) is 3.30. The lowest BCUT2D eigenvalue weighted by atomic mass is 10.1. The molecule has 1 amide bonds. The van der Waals surface area contributed by atoms with Crippen LogP contribution in [0.3, 0.4) is 0 Å². The fourth-order valence-corrected chi connectivity index (χ4v) is 2.45. The van der Waals surface area contributed by atoms with Crippen LogP contribution in [0.5, 0.6) is 0 Å². The van der Waals surface area contributed by atoms with E-state index in [1.165, 1.54) is 0 Å². The molecular formula is C16H18BrN3O. The Kier molecular flexibility index (Phi) is 4.53. The number of halogens is 1. The molecule has 0 aliphatic heterocycles. The summed E-state index contributed by atoms with van der Waals surface area (Å²) < 4.78 is 0.790. The minimum absolute atomic E-state index is 0.168. The van der Waals surface area contributed by atoms with Gasteiger partial charge in [0.1, 0.15) is 0 Å². The molecule has 2 aromatic rings. The number of carbonyl (C=O) groups excluding carboxylic acids is 1. The van der Waals surface area contributed by atoms with Gasteiger partial charge in [-0.2, -0.15) is 0 Å². The summed E-state index contributed by atoms with van der Waals surface area (Å²) in [7, 11) is 3.95. The largest absolute Gasteiger partial charge is 0.398 e. The average Bonchev–Trinajstić information content (AvgIpc) is 2.43. The summed E-state index contributed by atoms with van der Waals surface area (Å²) in [5.41, 5.74) is 9.66. The number of benzene rings is 2. The number of nitrogens with two attached hydrogens (primary N) is 1. The Labute approximate surface area is 133 Å². The van der Waals surface area contributed by atoms with E-state index in [-0.39, 0.29) is 5.91 Å². The number of hydrogen-bond donors (Lipinski definition) is 2. The van der Waals surface area contributed by atoms with Crippen molar-refractivity contribution in [2.75, 3.05) is 30.0 Å². The van der Waals surface area contributed by atoms with Gasteiger partial charge in [0.15, 0.2) is 0 Å². The molecule has 5 heteroatoms. The summed E-state index contributed by atoms with van der Waals surface area (Å²) >= 11 is 3.36. The predicted octanol–water partition coefficient (Wildman–Crippen LogP) is 3.66. The summed E-state index contributed by atoms with van der Waals surface area (Å²) in [6, 6.07) is 11.2. The van der Waals surface area contributed by atoms with Gasteiger partial charge in [-0.1, -0.05) is 15.9 Å². The molecule has 3 N–H and O–H groups in total. The highest BCUT2D eigenvalue weighted by Gasteiger charge is 2.12. The van der Waals surface area contributed by atoms with E-state index in [0.717, 1.165) is 21.4 Å². The number of nitrogen functional groups attached to an aromatic ring is 1. The first kappa shape index (κ1) is 15.4. The van der Waals surface area contributed by atoms with Crippen molar-refractivity contribution in [3.05, 3.63) is 52.0 Å². The Bertz CT molecular complexity index is 666. The van der Waals surface area contributed by atoms with Crippen LogP contribution in [0.2, 0.25) is 0 Å². The second-order valence-corrected chi connectivity index (χ2v) is 5.98. The minimum Gasteiger partial charge on any atom is -0.398 e. The summed E-state index contributed by atoms with van der Waals surface area (Å²) in [5, 5.41) is 2.89. The third-order valence-corrected chi connectivity index (χ3v) is 3.76. The van der Waals surface area contributed by atoms with Crippen molar-refractivity contribution in [3.8, 4) is 0 Å². The SMILES string of the molecule is Cc1c(N)cc(Br)cc1C(=O)Nc1ccc(N(C)C)cc1. The molecule has 0 atom stereocenters. The van der Waals surface area contributed by atoms with Crippen LogP contribution < -0.4 is 16.0 Å². The van der Waals surface area contributed by atoms with Crippen molar-refractivity contribution < 1.29 is 4.79 Å². The van der Waals surface area contributed by atoms with Gasteiger partial charge in [-0.25, -0.2) is 0 Å². The van der Waals surface area contributed by atoms with Crippen molar-refractivity contribution in [1.82, 2.24) is 0 Å². The lowest BCUT2D eigenvalue weighted by Crippen LogP contribution is -2.14. The standard InChI is InChI=1S/C16H18BrN3O/c1-10-14(8-11(17)9-15(10)18)16(21)19-12-4-6-13(7-5-12)20(2)3/h4-9H,18H2,1-3H3,(H,19,21). The number of anilines is 3. The van der Waals surface area contributed by atoms with Gasteiger partial charge in [-0.3, -0.25) is 4.79 Å². The quantitative estimate of drug-likeness (QED) is 0.833.